The van der Waals surface area contributed by atoms with E-state index in [9.17, 15) is 4.39 Å². The zero-order valence-electron chi connectivity index (χ0n) is 12.4. The van der Waals surface area contributed by atoms with Crippen molar-refractivity contribution < 1.29 is 4.39 Å². The summed E-state index contributed by atoms with van der Waals surface area (Å²) < 4.78 is 13.1. The number of nitrogens with two attached hydrogens (primary N) is 1. The molecule has 1 aromatic heterocycles. The Labute approximate surface area is 129 Å². The van der Waals surface area contributed by atoms with Crippen LogP contribution in [0.2, 0.25) is 0 Å². The summed E-state index contributed by atoms with van der Waals surface area (Å²) >= 11 is 0. The molecule has 112 valence electrons. The SMILES string of the molecule is Nc1ccc2cc(CCCCc3cccc(F)c3)ccc2n1. The minimum absolute atomic E-state index is 0.154. The number of rotatable bonds is 5. The zero-order chi connectivity index (χ0) is 15.4. The number of nitrogen functional groups attached to an aromatic ring is 1. The van der Waals surface area contributed by atoms with E-state index in [1.807, 2.05) is 24.3 Å². The van der Waals surface area contributed by atoms with Gasteiger partial charge in [-0.15, -0.1) is 0 Å². The van der Waals surface area contributed by atoms with E-state index >= 15 is 0 Å². The molecule has 0 unspecified atom stereocenters. The molecule has 0 saturated carbocycles. The molecule has 0 aliphatic heterocycles. The maximum Gasteiger partial charge on any atom is 0.124 e. The van der Waals surface area contributed by atoms with E-state index in [0.717, 1.165) is 42.1 Å². The molecule has 0 radical (unpaired) electrons. The van der Waals surface area contributed by atoms with E-state index in [-0.39, 0.29) is 5.82 Å². The number of unbranched alkanes of at least 4 members (excludes halogenated alkanes) is 1. The standard InChI is InChI=1S/C19H19FN2/c20-17-7-3-6-14(13-17)4-1-2-5-15-8-10-18-16(12-15)9-11-19(21)22-18/h3,6-13H,1-2,4-5H2,(H2,21,22). The van der Waals surface area contributed by atoms with Crippen LogP contribution in [-0.4, -0.2) is 4.98 Å². The number of hydrogen-bond donors (Lipinski definition) is 1. The molecule has 3 heteroatoms. The van der Waals surface area contributed by atoms with Crippen molar-refractivity contribution in [1.29, 1.82) is 0 Å². The van der Waals surface area contributed by atoms with Crippen LogP contribution in [0.3, 0.4) is 0 Å². The second kappa shape index (κ2) is 6.56. The molecule has 0 aliphatic rings. The average Bonchev–Trinajstić information content (AvgIpc) is 2.52. The number of benzene rings is 2. The summed E-state index contributed by atoms with van der Waals surface area (Å²) in [7, 11) is 0. The normalized spacial score (nSPS) is 11.0. The fourth-order valence-electron chi connectivity index (χ4n) is 2.70. The minimum Gasteiger partial charge on any atom is -0.384 e. The molecule has 3 rings (SSSR count). The van der Waals surface area contributed by atoms with Crippen LogP contribution >= 0.6 is 0 Å². The molecule has 0 atom stereocenters. The van der Waals surface area contributed by atoms with Crippen molar-refractivity contribution in [1.82, 2.24) is 4.98 Å². The summed E-state index contributed by atoms with van der Waals surface area (Å²) in [6, 6.07) is 17.0. The highest BCUT2D eigenvalue weighted by atomic mass is 19.1. The van der Waals surface area contributed by atoms with Gasteiger partial charge in [0.2, 0.25) is 0 Å². The van der Waals surface area contributed by atoms with Gasteiger partial charge in [0, 0.05) is 5.39 Å². The largest absolute Gasteiger partial charge is 0.384 e. The van der Waals surface area contributed by atoms with Gasteiger partial charge in [0.15, 0.2) is 0 Å². The molecule has 0 fully saturated rings. The highest BCUT2D eigenvalue weighted by Crippen LogP contribution is 2.17. The summed E-state index contributed by atoms with van der Waals surface area (Å²) in [5, 5.41) is 1.12. The quantitative estimate of drug-likeness (QED) is 0.703. The fourth-order valence-corrected chi connectivity index (χ4v) is 2.70. The highest BCUT2D eigenvalue weighted by molar-refractivity contribution is 5.80. The topological polar surface area (TPSA) is 38.9 Å². The van der Waals surface area contributed by atoms with Gasteiger partial charge in [0.25, 0.3) is 0 Å². The lowest BCUT2D eigenvalue weighted by Gasteiger charge is -2.05. The third-order valence-corrected chi connectivity index (χ3v) is 3.85. The maximum absolute atomic E-state index is 13.1. The Morgan fingerprint density at radius 2 is 1.64 bits per heavy atom. The number of fused-ring (bicyclic) bond motifs is 1. The summed E-state index contributed by atoms with van der Waals surface area (Å²) in [4.78, 5) is 4.30. The molecule has 0 amide bonds. The molecule has 22 heavy (non-hydrogen) atoms. The van der Waals surface area contributed by atoms with Crippen LogP contribution in [0.15, 0.2) is 54.6 Å². The number of pyridine rings is 1. The van der Waals surface area contributed by atoms with Crippen LogP contribution in [0, 0.1) is 5.82 Å². The third-order valence-electron chi connectivity index (χ3n) is 3.85. The smallest absolute Gasteiger partial charge is 0.124 e. The van der Waals surface area contributed by atoms with Gasteiger partial charge in [-0.05, 0) is 73.2 Å². The Morgan fingerprint density at radius 3 is 2.41 bits per heavy atom. The molecular weight excluding hydrogens is 275 g/mol. The number of hydrogen-bond acceptors (Lipinski definition) is 2. The molecule has 0 spiro atoms. The van der Waals surface area contributed by atoms with Gasteiger partial charge >= 0.3 is 0 Å². The van der Waals surface area contributed by atoms with E-state index in [1.54, 1.807) is 12.1 Å². The first-order chi connectivity index (χ1) is 10.7. The predicted octanol–water partition coefficient (Wildman–Crippen LogP) is 4.52. The third kappa shape index (κ3) is 3.61. The first kappa shape index (κ1) is 14.5. The van der Waals surface area contributed by atoms with Gasteiger partial charge in [-0.1, -0.05) is 18.2 Å². The Morgan fingerprint density at radius 1 is 0.864 bits per heavy atom. The van der Waals surface area contributed by atoms with Gasteiger partial charge in [-0.2, -0.15) is 0 Å². The second-order valence-corrected chi connectivity index (χ2v) is 5.60. The van der Waals surface area contributed by atoms with Crippen molar-refractivity contribution in [2.45, 2.75) is 25.7 Å². The molecule has 0 saturated heterocycles. The van der Waals surface area contributed by atoms with E-state index in [0.29, 0.717) is 5.82 Å². The van der Waals surface area contributed by atoms with Crippen molar-refractivity contribution in [3.8, 4) is 0 Å². The molecule has 3 aromatic rings. The molecule has 2 aromatic carbocycles. The Bertz CT molecular complexity index is 783. The Kier molecular flexibility index (Phi) is 4.33. The van der Waals surface area contributed by atoms with Gasteiger partial charge in [-0.25, -0.2) is 9.37 Å². The summed E-state index contributed by atoms with van der Waals surface area (Å²) in [6.07, 6.45) is 4.09. The minimum atomic E-state index is -0.154. The summed E-state index contributed by atoms with van der Waals surface area (Å²) in [6.45, 7) is 0. The number of aromatic nitrogens is 1. The van der Waals surface area contributed by atoms with Crippen LogP contribution in [0.4, 0.5) is 10.2 Å². The maximum atomic E-state index is 13.1. The average molecular weight is 294 g/mol. The lowest BCUT2D eigenvalue weighted by atomic mass is 10.0. The fraction of sp³-hybridized carbons (Fsp3) is 0.211. The van der Waals surface area contributed by atoms with Crippen LogP contribution in [-0.2, 0) is 12.8 Å². The zero-order valence-corrected chi connectivity index (χ0v) is 12.4. The van der Waals surface area contributed by atoms with Crippen molar-refractivity contribution in [2.75, 3.05) is 5.73 Å². The summed E-state index contributed by atoms with van der Waals surface area (Å²) in [5.74, 6) is 0.397. The van der Waals surface area contributed by atoms with Gasteiger partial charge in [0.05, 0.1) is 5.52 Å². The first-order valence-electron chi connectivity index (χ1n) is 7.60. The van der Waals surface area contributed by atoms with Crippen molar-refractivity contribution >= 4 is 16.7 Å². The molecule has 0 bridgehead atoms. The first-order valence-corrected chi connectivity index (χ1v) is 7.60. The summed E-state index contributed by atoms with van der Waals surface area (Å²) in [5.41, 5.74) is 8.99. The van der Waals surface area contributed by atoms with Crippen LogP contribution in [0.1, 0.15) is 24.0 Å². The molecular formula is C19H19FN2. The number of halogens is 1. The van der Waals surface area contributed by atoms with Gasteiger partial charge < -0.3 is 5.73 Å². The van der Waals surface area contributed by atoms with Crippen LogP contribution in [0.5, 0.6) is 0 Å². The van der Waals surface area contributed by atoms with E-state index in [1.165, 1.54) is 11.6 Å². The molecule has 2 N–H and O–H groups in total. The molecule has 0 aliphatic carbocycles. The lowest BCUT2D eigenvalue weighted by molar-refractivity contribution is 0.623. The predicted molar refractivity (Wildman–Crippen MR) is 89.2 cm³/mol. The lowest BCUT2D eigenvalue weighted by Crippen LogP contribution is -1.92. The van der Waals surface area contributed by atoms with Crippen molar-refractivity contribution in [3.63, 3.8) is 0 Å². The number of anilines is 1. The molecule has 2 nitrogen and oxygen atoms in total. The second-order valence-electron chi connectivity index (χ2n) is 5.60. The van der Waals surface area contributed by atoms with E-state index in [2.05, 4.69) is 17.1 Å². The molecule has 1 heterocycles. The van der Waals surface area contributed by atoms with Gasteiger partial charge in [0.1, 0.15) is 11.6 Å². The van der Waals surface area contributed by atoms with Crippen LogP contribution < -0.4 is 5.73 Å². The Hall–Kier alpha value is -2.42. The number of aryl methyl sites for hydroxylation is 2. The van der Waals surface area contributed by atoms with E-state index < -0.39 is 0 Å². The monoisotopic (exact) mass is 294 g/mol. The number of nitrogens with zero attached hydrogens (tertiary/aromatic N) is 1. The Balaban J connectivity index is 1.56. The van der Waals surface area contributed by atoms with Crippen molar-refractivity contribution in [2.24, 2.45) is 0 Å². The van der Waals surface area contributed by atoms with Gasteiger partial charge in [-0.3, -0.25) is 0 Å². The van der Waals surface area contributed by atoms with Crippen molar-refractivity contribution in [3.05, 3.63) is 71.5 Å². The highest BCUT2D eigenvalue weighted by Gasteiger charge is 2.00. The van der Waals surface area contributed by atoms with E-state index in [4.69, 9.17) is 5.73 Å². The van der Waals surface area contributed by atoms with Crippen LogP contribution in [0.25, 0.3) is 10.9 Å².